The quantitative estimate of drug-likeness (QED) is 0.678. The number of hydrogen-bond donors (Lipinski definition) is 1. The lowest BCUT2D eigenvalue weighted by atomic mass is 9.80. The van der Waals surface area contributed by atoms with E-state index < -0.39 is 22.4 Å². The van der Waals surface area contributed by atoms with Gasteiger partial charge in [-0.25, -0.2) is 0 Å². The van der Waals surface area contributed by atoms with Crippen molar-refractivity contribution in [1.82, 2.24) is 4.98 Å². The summed E-state index contributed by atoms with van der Waals surface area (Å²) < 4.78 is 5.33. The molecule has 1 aliphatic heterocycles. The number of methoxy groups -OCH3 is 1. The highest BCUT2D eigenvalue weighted by Crippen LogP contribution is 2.41. The molecule has 0 aliphatic carbocycles. The molecule has 0 saturated heterocycles. The highest BCUT2D eigenvalue weighted by Gasteiger charge is 2.43. The lowest BCUT2D eigenvalue weighted by Crippen LogP contribution is -2.39. The second-order valence-corrected chi connectivity index (χ2v) is 5.64. The number of nitro groups is 1. The Morgan fingerprint density at radius 2 is 2.16 bits per heavy atom. The molecule has 25 heavy (non-hydrogen) atoms. The van der Waals surface area contributed by atoms with E-state index in [0.717, 1.165) is 0 Å². The molecule has 0 saturated carbocycles. The summed E-state index contributed by atoms with van der Waals surface area (Å²) in [5.74, 6) is -0.546. The Morgan fingerprint density at radius 3 is 2.80 bits per heavy atom. The molecule has 126 valence electrons. The first-order valence-corrected chi connectivity index (χ1v) is 7.46. The van der Waals surface area contributed by atoms with E-state index in [-0.39, 0.29) is 5.56 Å². The highest BCUT2D eigenvalue weighted by molar-refractivity contribution is 5.92. The number of H-pyrrole nitrogens is 1. The topological polar surface area (TPSA) is 121 Å². The van der Waals surface area contributed by atoms with Gasteiger partial charge in [0.15, 0.2) is 0 Å². The number of aromatic nitrogens is 1. The molecule has 1 aliphatic rings. The molecule has 0 spiro atoms. The number of fused-ring (bicyclic) bond motifs is 1. The highest BCUT2D eigenvalue weighted by atomic mass is 16.6. The monoisotopic (exact) mass is 338 g/mol. The second kappa shape index (κ2) is 6.20. The van der Waals surface area contributed by atoms with Crippen molar-refractivity contribution in [3.05, 3.63) is 67.6 Å². The molecular formula is C17H14N4O4. The molecule has 0 bridgehead atoms. The van der Waals surface area contributed by atoms with Crippen molar-refractivity contribution in [3.8, 4) is 11.8 Å². The van der Waals surface area contributed by atoms with E-state index in [9.17, 15) is 14.9 Å². The molecule has 2 unspecified atom stereocenters. The molecule has 2 heterocycles. The fourth-order valence-corrected chi connectivity index (χ4v) is 3.17. The summed E-state index contributed by atoms with van der Waals surface area (Å²) in [5, 5.41) is 20.8. The number of aromatic amines is 1. The normalized spacial score (nSPS) is 18.7. The first kappa shape index (κ1) is 16.4. The lowest BCUT2D eigenvalue weighted by molar-refractivity contribution is -0.505. The van der Waals surface area contributed by atoms with Gasteiger partial charge in [-0.15, -0.1) is 0 Å². The molecular weight excluding hydrogens is 324 g/mol. The number of hydrogen-bond acceptors (Lipinski definition) is 6. The molecule has 3 rings (SSSR count). The van der Waals surface area contributed by atoms with Crippen LogP contribution in [0.1, 0.15) is 29.5 Å². The van der Waals surface area contributed by atoms with Gasteiger partial charge in [0.1, 0.15) is 5.75 Å². The smallest absolute Gasteiger partial charge is 0.261 e. The van der Waals surface area contributed by atoms with Gasteiger partial charge in [0.05, 0.1) is 41.6 Å². The molecule has 0 radical (unpaired) electrons. The van der Waals surface area contributed by atoms with Crippen LogP contribution >= 0.6 is 0 Å². The van der Waals surface area contributed by atoms with Gasteiger partial charge in [-0.1, -0.05) is 6.07 Å². The van der Waals surface area contributed by atoms with Crippen molar-refractivity contribution in [2.75, 3.05) is 7.11 Å². The van der Waals surface area contributed by atoms with Gasteiger partial charge in [0.2, 0.25) is 0 Å². The number of rotatable bonds is 3. The van der Waals surface area contributed by atoms with Crippen molar-refractivity contribution in [2.24, 2.45) is 4.99 Å². The summed E-state index contributed by atoms with van der Waals surface area (Å²) in [6, 6.07) is 7.06. The van der Waals surface area contributed by atoms with Gasteiger partial charge >= 0.3 is 0 Å². The van der Waals surface area contributed by atoms with Crippen LogP contribution in [0.5, 0.6) is 5.75 Å². The number of pyridine rings is 1. The molecule has 1 N–H and O–H groups in total. The fraction of sp³-hybridized carbons (Fsp3) is 0.235. The maximum absolute atomic E-state index is 12.4. The Bertz CT molecular complexity index is 987. The summed E-state index contributed by atoms with van der Waals surface area (Å²) in [5.41, 5.74) is 1.32. The lowest BCUT2D eigenvalue weighted by Gasteiger charge is -2.27. The molecule has 2 atom stereocenters. The van der Waals surface area contributed by atoms with E-state index in [1.165, 1.54) is 19.4 Å². The van der Waals surface area contributed by atoms with Gasteiger partial charge in [0, 0.05) is 16.7 Å². The Balaban J connectivity index is 2.33. The van der Waals surface area contributed by atoms with Gasteiger partial charge in [0.25, 0.3) is 11.6 Å². The van der Waals surface area contributed by atoms with Crippen LogP contribution in [0.4, 0.5) is 5.69 Å². The number of benzene rings is 1. The molecule has 1 aromatic carbocycles. The first-order chi connectivity index (χ1) is 12.0. The van der Waals surface area contributed by atoms with Crippen LogP contribution in [0.25, 0.3) is 0 Å². The predicted molar refractivity (Wildman–Crippen MR) is 90.2 cm³/mol. The minimum absolute atomic E-state index is 0.220. The minimum Gasteiger partial charge on any atom is -0.496 e. The predicted octanol–water partition coefficient (Wildman–Crippen LogP) is 2.14. The third kappa shape index (κ3) is 2.65. The first-order valence-electron chi connectivity index (χ1n) is 7.46. The Labute approximate surface area is 142 Å². The SMILES string of the molecule is COc1cc(C#N)ccc1C1c2c(cc[nH]c2=O)N=C(C)C1[N+](=O)[O-]. The van der Waals surface area contributed by atoms with E-state index in [1.807, 2.05) is 6.07 Å². The van der Waals surface area contributed by atoms with E-state index in [1.54, 1.807) is 25.1 Å². The van der Waals surface area contributed by atoms with Crippen LogP contribution in [0, 0.1) is 21.4 Å². The molecule has 8 heteroatoms. The zero-order valence-electron chi connectivity index (χ0n) is 13.5. The van der Waals surface area contributed by atoms with Gasteiger partial charge in [-0.05, 0) is 25.1 Å². The average molecular weight is 338 g/mol. The maximum Gasteiger partial charge on any atom is 0.261 e. The Morgan fingerprint density at radius 1 is 1.40 bits per heavy atom. The summed E-state index contributed by atoms with van der Waals surface area (Å²) in [6.45, 7) is 1.57. The van der Waals surface area contributed by atoms with Crippen LogP contribution < -0.4 is 10.3 Å². The average Bonchev–Trinajstić information content (AvgIpc) is 2.59. The second-order valence-electron chi connectivity index (χ2n) is 5.64. The number of nitriles is 1. The number of nitrogens with zero attached hydrogens (tertiary/aromatic N) is 3. The van der Waals surface area contributed by atoms with Crippen molar-refractivity contribution < 1.29 is 9.66 Å². The van der Waals surface area contributed by atoms with Crippen LogP contribution in [0.15, 0.2) is 40.2 Å². The van der Waals surface area contributed by atoms with Crippen molar-refractivity contribution in [1.29, 1.82) is 5.26 Å². The van der Waals surface area contributed by atoms with Crippen LogP contribution in [0.3, 0.4) is 0 Å². The minimum atomic E-state index is -1.20. The zero-order chi connectivity index (χ0) is 18.1. The van der Waals surface area contributed by atoms with Crippen molar-refractivity contribution in [2.45, 2.75) is 18.9 Å². The molecule has 1 aromatic heterocycles. The van der Waals surface area contributed by atoms with E-state index in [0.29, 0.717) is 28.3 Å². The van der Waals surface area contributed by atoms with Gasteiger partial charge in [-0.2, -0.15) is 5.26 Å². The van der Waals surface area contributed by atoms with Crippen LogP contribution in [0.2, 0.25) is 0 Å². The zero-order valence-corrected chi connectivity index (χ0v) is 13.5. The number of ether oxygens (including phenoxy) is 1. The van der Waals surface area contributed by atoms with Gasteiger partial charge < -0.3 is 9.72 Å². The van der Waals surface area contributed by atoms with E-state index >= 15 is 0 Å². The summed E-state index contributed by atoms with van der Waals surface area (Å²) in [6.07, 6.45) is 1.46. The fourth-order valence-electron chi connectivity index (χ4n) is 3.17. The number of nitrogens with one attached hydrogen (secondary N) is 1. The van der Waals surface area contributed by atoms with Gasteiger partial charge in [-0.3, -0.25) is 19.9 Å². The van der Waals surface area contributed by atoms with Crippen molar-refractivity contribution in [3.63, 3.8) is 0 Å². The van der Waals surface area contributed by atoms with Crippen LogP contribution in [-0.4, -0.2) is 28.8 Å². The molecule has 2 aromatic rings. The third-order valence-electron chi connectivity index (χ3n) is 4.25. The van der Waals surface area contributed by atoms with E-state index in [2.05, 4.69) is 9.98 Å². The molecule has 0 fully saturated rings. The Hall–Kier alpha value is -3.47. The maximum atomic E-state index is 12.4. The largest absolute Gasteiger partial charge is 0.496 e. The summed E-state index contributed by atoms with van der Waals surface area (Å²) in [7, 11) is 1.42. The number of aliphatic imine (C=N–C) groups is 1. The summed E-state index contributed by atoms with van der Waals surface area (Å²) in [4.78, 5) is 30.5. The summed E-state index contributed by atoms with van der Waals surface area (Å²) >= 11 is 0. The molecule has 8 nitrogen and oxygen atoms in total. The standard InChI is InChI=1S/C17H14N4O4/c1-9-16(21(23)24)14(15-12(20-9)5-6-19-17(15)22)11-4-3-10(8-18)7-13(11)25-2/h3-7,14,16H,1-2H3,(H,19,22). The third-order valence-corrected chi connectivity index (χ3v) is 4.25. The van der Waals surface area contributed by atoms with E-state index in [4.69, 9.17) is 10.00 Å². The van der Waals surface area contributed by atoms with Crippen LogP contribution in [-0.2, 0) is 0 Å². The van der Waals surface area contributed by atoms with Crippen molar-refractivity contribution >= 4 is 11.4 Å². The molecule has 0 amide bonds. The Kier molecular flexibility index (Phi) is 4.07.